The van der Waals surface area contributed by atoms with Crippen molar-refractivity contribution in [1.82, 2.24) is 14.8 Å². The summed E-state index contributed by atoms with van der Waals surface area (Å²) in [5, 5.41) is 11.5. The third-order valence-electron chi connectivity index (χ3n) is 7.29. The Balaban J connectivity index is 1.18. The van der Waals surface area contributed by atoms with Crippen LogP contribution in [0.3, 0.4) is 0 Å². The highest BCUT2D eigenvalue weighted by Gasteiger charge is 2.72. The van der Waals surface area contributed by atoms with E-state index in [9.17, 15) is 13.6 Å². The van der Waals surface area contributed by atoms with Crippen molar-refractivity contribution in [2.45, 2.75) is 45.2 Å². The van der Waals surface area contributed by atoms with Crippen LogP contribution in [0, 0.1) is 29.4 Å². The Hall–Kier alpha value is -3.09. The summed E-state index contributed by atoms with van der Waals surface area (Å²) < 4.78 is 29.5. The van der Waals surface area contributed by atoms with E-state index in [1.165, 1.54) is 22.7 Å². The normalized spacial score (nSPS) is 28.6. The highest BCUT2D eigenvalue weighted by Crippen LogP contribution is 2.74. The molecule has 1 amide bonds. The second-order valence-corrected chi connectivity index (χ2v) is 9.52. The zero-order valence-corrected chi connectivity index (χ0v) is 17.2. The Morgan fingerprint density at radius 1 is 1.16 bits per heavy atom. The van der Waals surface area contributed by atoms with Crippen LogP contribution in [-0.2, 0) is 11.3 Å². The second-order valence-electron chi connectivity index (χ2n) is 9.52. The predicted octanol–water partition coefficient (Wildman–Crippen LogP) is 4.75. The monoisotopic (exact) mass is 420 g/mol. The lowest BCUT2D eigenvalue weighted by Gasteiger charge is -2.69. The molecule has 0 spiro atoms. The number of amides is 1. The van der Waals surface area contributed by atoms with E-state index in [2.05, 4.69) is 33.9 Å². The van der Waals surface area contributed by atoms with Crippen molar-refractivity contribution in [1.29, 1.82) is 0 Å². The van der Waals surface area contributed by atoms with E-state index in [1.807, 2.05) is 12.3 Å². The number of nitrogens with zero attached hydrogens (tertiary/aromatic N) is 4. The molecule has 2 heterocycles. The topological polar surface area (TPSA) is 50.5 Å². The maximum Gasteiger partial charge on any atom is 0.249 e. The fraction of sp³-hybridized carbons (Fsp3) is 0.375. The summed E-state index contributed by atoms with van der Waals surface area (Å²) in [6.45, 7) is 2.89. The lowest BCUT2D eigenvalue weighted by atomic mass is 9.34. The number of hydrazone groups is 1. The van der Waals surface area contributed by atoms with Crippen molar-refractivity contribution in [3.05, 3.63) is 65.4 Å². The van der Waals surface area contributed by atoms with Crippen molar-refractivity contribution >= 4 is 23.0 Å². The average molecular weight is 420 g/mol. The fourth-order valence-electron chi connectivity index (χ4n) is 5.98. The largest absolute Gasteiger partial charge is 0.272 e. The molecule has 3 aromatic rings. The van der Waals surface area contributed by atoms with Gasteiger partial charge in [0.05, 0.1) is 23.2 Å². The first-order chi connectivity index (χ1) is 14.9. The molecular weight excluding hydrogens is 398 g/mol. The number of benzene rings is 2. The van der Waals surface area contributed by atoms with Crippen LogP contribution in [0.1, 0.15) is 42.9 Å². The maximum atomic E-state index is 13.7. The number of rotatable bonds is 4. The van der Waals surface area contributed by atoms with E-state index in [1.54, 1.807) is 6.21 Å². The van der Waals surface area contributed by atoms with Crippen molar-refractivity contribution in [3.8, 4) is 0 Å². The van der Waals surface area contributed by atoms with Gasteiger partial charge < -0.3 is 0 Å². The molecule has 31 heavy (non-hydrogen) atoms. The van der Waals surface area contributed by atoms with E-state index in [0.29, 0.717) is 12.0 Å². The molecule has 3 fully saturated rings. The van der Waals surface area contributed by atoms with Crippen LogP contribution in [0.4, 0.5) is 8.78 Å². The number of hydrogen-bond donors (Lipinski definition) is 0. The Morgan fingerprint density at radius 3 is 2.65 bits per heavy atom. The predicted molar refractivity (Wildman–Crippen MR) is 112 cm³/mol. The van der Waals surface area contributed by atoms with E-state index < -0.39 is 23.1 Å². The zero-order chi connectivity index (χ0) is 21.4. The zero-order valence-electron chi connectivity index (χ0n) is 17.2. The van der Waals surface area contributed by atoms with Gasteiger partial charge in [-0.3, -0.25) is 9.48 Å². The molecule has 1 aromatic heterocycles. The Labute approximate surface area is 178 Å². The number of halogens is 2. The van der Waals surface area contributed by atoms with Crippen LogP contribution in [-0.4, -0.2) is 26.9 Å². The number of aromatic nitrogens is 2. The van der Waals surface area contributed by atoms with E-state index in [-0.39, 0.29) is 11.3 Å². The van der Waals surface area contributed by atoms with Gasteiger partial charge >= 0.3 is 0 Å². The maximum absolute atomic E-state index is 13.7. The van der Waals surface area contributed by atoms with Crippen LogP contribution < -0.4 is 0 Å². The molecule has 7 heteroatoms. The van der Waals surface area contributed by atoms with Gasteiger partial charge in [0.1, 0.15) is 11.6 Å². The van der Waals surface area contributed by atoms with Crippen molar-refractivity contribution in [3.63, 3.8) is 0 Å². The first kappa shape index (κ1) is 18.7. The van der Waals surface area contributed by atoms with E-state index >= 15 is 0 Å². The quantitative estimate of drug-likeness (QED) is 0.612. The fourth-order valence-corrected chi connectivity index (χ4v) is 5.98. The lowest BCUT2D eigenvalue weighted by Crippen LogP contribution is -2.68. The number of carbonyl (C=O) groups excluding carboxylic acids is 1. The van der Waals surface area contributed by atoms with Crippen molar-refractivity contribution in [2.75, 3.05) is 0 Å². The Morgan fingerprint density at radius 2 is 1.90 bits per heavy atom. The molecule has 1 aliphatic heterocycles. The molecule has 0 N–H and O–H groups in total. The van der Waals surface area contributed by atoms with Gasteiger partial charge in [-0.2, -0.15) is 10.2 Å². The molecule has 3 saturated carbocycles. The van der Waals surface area contributed by atoms with Gasteiger partial charge in [-0.25, -0.2) is 13.8 Å². The summed E-state index contributed by atoms with van der Waals surface area (Å²) in [6.07, 6.45) is 6.46. The molecule has 4 aliphatic rings. The molecule has 3 aliphatic carbocycles. The van der Waals surface area contributed by atoms with Crippen molar-refractivity contribution in [2.24, 2.45) is 15.9 Å². The van der Waals surface area contributed by atoms with Crippen LogP contribution in [0.25, 0.3) is 10.9 Å². The van der Waals surface area contributed by atoms with Crippen molar-refractivity contribution < 1.29 is 13.6 Å². The lowest BCUT2D eigenvalue weighted by molar-refractivity contribution is -0.223. The first-order valence-electron chi connectivity index (χ1n) is 10.6. The van der Waals surface area contributed by atoms with Gasteiger partial charge in [0, 0.05) is 30.6 Å². The molecule has 2 aromatic carbocycles. The molecule has 0 radical (unpaired) electrons. The average Bonchev–Trinajstić information content (AvgIpc) is 3.30. The molecule has 2 bridgehead atoms. The van der Waals surface area contributed by atoms with Crippen LogP contribution in [0.2, 0.25) is 0 Å². The molecule has 1 unspecified atom stereocenters. The number of fused-ring (bicyclic) bond motifs is 1. The summed E-state index contributed by atoms with van der Waals surface area (Å²) in [5.41, 5.74) is 2.48. The van der Waals surface area contributed by atoms with Gasteiger partial charge in [0.25, 0.3) is 0 Å². The molecule has 158 valence electrons. The molecule has 0 saturated heterocycles. The highest BCUT2D eigenvalue weighted by molar-refractivity contribution is 5.88. The number of carbonyl (C=O) groups is 1. The van der Waals surface area contributed by atoms with Gasteiger partial charge in [-0.1, -0.05) is 12.1 Å². The molecule has 5 nitrogen and oxygen atoms in total. The molecule has 1 atom stereocenters. The minimum absolute atomic E-state index is 0.0287. The molecule has 7 rings (SSSR count). The summed E-state index contributed by atoms with van der Waals surface area (Å²) in [7, 11) is 0. The Kier molecular flexibility index (Phi) is 3.74. The first-order valence-corrected chi connectivity index (χ1v) is 10.6. The van der Waals surface area contributed by atoms with E-state index in [0.717, 1.165) is 42.8 Å². The summed E-state index contributed by atoms with van der Waals surface area (Å²) >= 11 is 0. The second kappa shape index (κ2) is 6.22. The minimum Gasteiger partial charge on any atom is -0.272 e. The summed E-state index contributed by atoms with van der Waals surface area (Å²) in [5.74, 6) is -1.31. The smallest absolute Gasteiger partial charge is 0.249 e. The third-order valence-corrected chi connectivity index (χ3v) is 7.29. The standard InChI is InChI=1S/C24H22F2N4O/c1-15-3-2-4-21-19(15)10-28-29(21)14-23-11-24(12-23,13-23)22(31)30-20(5-6-27-30)16-7-17(25)9-18(26)8-16/h2-4,6-10,20H,5,11-14H2,1H3. The van der Waals surface area contributed by atoms with Gasteiger partial charge in [0.2, 0.25) is 5.91 Å². The number of hydrogen-bond acceptors (Lipinski definition) is 3. The highest BCUT2D eigenvalue weighted by atomic mass is 19.1. The van der Waals surface area contributed by atoms with Crippen LogP contribution in [0.5, 0.6) is 0 Å². The third kappa shape index (κ3) is 2.68. The summed E-state index contributed by atoms with van der Waals surface area (Å²) in [6, 6.07) is 9.19. The Bertz CT molecular complexity index is 1220. The van der Waals surface area contributed by atoms with Crippen LogP contribution >= 0.6 is 0 Å². The van der Waals surface area contributed by atoms with Crippen LogP contribution in [0.15, 0.2) is 47.7 Å². The van der Waals surface area contributed by atoms with Gasteiger partial charge in [0.15, 0.2) is 0 Å². The minimum atomic E-state index is -0.638. The molecular formula is C24H22F2N4O. The summed E-state index contributed by atoms with van der Waals surface area (Å²) in [4.78, 5) is 13.3. The van der Waals surface area contributed by atoms with E-state index in [4.69, 9.17) is 0 Å². The van der Waals surface area contributed by atoms with Gasteiger partial charge in [-0.15, -0.1) is 0 Å². The number of aryl methyl sites for hydroxylation is 1. The van der Waals surface area contributed by atoms with Gasteiger partial charge in [-0.05, 0) is 60.9 Å². The SMILES string of the molecule is Cc1cccc2c1cnn2CC12CC(C(=O)N3N=CCC3c3cc(F)cc(F)c3)(C1)C2.